The Balaban J connectivity index is 1.99. The van der Waals surface area contributed by atoms with Crippen molar-refractivity contribution in [1.82, 2.24) is 14.9 Å². The summed E-state index contributed by atoms with van der Waals surface area (Å²) in [6, 6.07) is 0.0761. The van der Waals surface area contributed by atoms with E-state index in [4.69, 9.17) is 10.5 Å². The van der Waals surface area contributed by atoms with Gasteiger partial charge >= 0.3 is 6.09 Å². The second-order valence-corrected chi connectivity index (χ2v) is 8.43. The molecule has 1 saturated heterocycles. The fourth-order valence-electron chi connectivity index (χ4n) is 2.47. The Labute approximate surface area is 149 Å². The van der Waals surface area contributed by atoms with Gasteiger partial charge in [-0.2, -0.15) is 4.98 Å². The number of nitrogen functional groups attached to an aromatic ring is 1. The summed E-state index contributed by atoms with van der Waals surface area (Å²) in [5.41, 5.74) is 5.83. The van der Waals surface area contributed by atoms with Crippen LogP contribution in [0.15, 0.2) is 6.20 Å². The van der Waals surface area contributed by atoms with Gasteiger partial charge in [-0.15, -0.1) is 0 Å². The first-order valence-corrected chi connectivity index (χ1v) is 8.58. The number of nitrogens with two attached hydrogens (primary N) is 1. The van der Waals surface area contributed by atoms with Gasteiger partial charge in [0.15, 0.2) is 5.82 Å². The second kappa shape index (κ2) is 6.93. The number of hydrogen-bond acceptors (Lipinski definition) is 7. The van der Waals surface area contributed by atoms with Gasteiger partial charge in [-0.3, -0.25) is 0 Å². The summed E-state index contributed by atoms with van der Waals surface area (Å²) in [6.07, 6.45) is 2.11. The first kappa shape index (κ1) is 19.1. The van der Waals surface area contributed by atoms with Crippen LogP contribution < -0.4 is 16.4 Å². The molecular formula is C17H30N6O2. The molecule has 4 N–H and O–H groups in total. The van der Waals surface area contributed by atoms with Crippen LogP contribution in [0.5, 0.6) is 0 Å². The summed E-state index contributed by atoms with van der Waals surface area (Å²) in [4.78, 5) is 22.5. The number of ether oxygens (including phenoxy) is 1. The number of nitrogens with one attached hydrogen (secondary N) is 2. The summed E-state index contributed by atoms with van der Waals surface area (Å²) in [7, 11) is 0. The molecule has 1 unspecified atom stereocenters. The van der Waals surface area contributed by atoms with E-state index in [-0.39, 0.29) is 17.7 Å². The van der Waals surface area contributed by atoms with Crippen molar-refractivity contribution in [1.29, 1.82) is 0 Å². The van der Waals surface area contributed by atoms with Gasteiger partial charge < -0.3 is 26.0 Å². The minimum absolute atomic E-state index is 0.0761. The van der Waals surface area contributed by atoms with E-state index in [0.717, 1.165) is 6.42 Å². The monoisotopic (exact) mass is 350 g/mol. The van der Waals surface area contributed by atoms with Crippen molar-refractivity contribution in [3.05, 3.63) is 6.20 Å². The highest BCUT2D eigenvalue weighted by molar-refractivity contribution is 5.69. The van der Waals surface area contributed by atoms with Crippen molar-refractivity contribution in [2.24, 2.45) is 0 Å². The Bertz CT molecular complexity index is 621. The normalized spacial score (nSPS) is 18.2. The Kier molecular flexibility index (Phi) is 5.29. The molecule has 25 heavy (non-hydrogen) atoms. The van der Waals surface area contributed by atoms with E-state index >= 15 is 0 Å². The molecule has 0 aromatic carbocycles. The van der Waals surface area contributed by atoms with Crippen LogP contribution >= 0.6 is 0 Å². The molecule has 1 fully saturated rings. The van der Waals surface area contributed by atoms with Crippen LogP contribution in [0.3, 0.4) is 0 Å². The lowest BCUT2D eigenvalue weighted by Gasteiger charge is -2.24. The summed E-state index contributed by atoms with van der Waals surface area (Å²) < 4.78 is 5.42. The second-order valence-electron chi connectivity index (χ2n) is 8.43. The van der Waals surface area contributed by atoms with Crippen LogP contribution in [0.4, 0.5) is 22.2 Å². The largest absolute Gasteiger partial charge is 0.444 e. The van der Waals surface area contributed by atoms with Gasteiger partial charge in [-0.05, 0) is 48.0 Å². The Morgan fingerprint density at radius 3 is 2.60 bits per heavy atom. The maximum atomic E-state index is 12.2. The molecule has 0 radical (unpaired) electrons. The van der Waals surface area contributed by atoms with Crippen LogP contribution in [0.25, 0.3) is 0 Å². The van der Waals surface area contributed by atoms with Crippen LogP contribution in [0.2, 0.25) is 0 Å². The van der Waals surface area contributed by atoms with Crippen LogP contribution in [0, 0.1) is 0 Å². The van der Waals surface area contributed by atoms with Gasteiger partial charge in [0, 0.05) is 24.7 Å². The predicted octanol–water partition coefficient (Wildman–Crippen LogP) is 2.69. The minimum Gasteiger partial charge on any atom is -0.444 e. The molecule has 0 spiro atoms. The summed E-state index contributed by atoms with van der Waals surface area (Å²) in [5, 5.41) is 6.54. The Morgan fingerprint density at radius 2 is 2.00 bits per heavy atom. The number of amides is 1. The minimum atomic E-state index is -0.493. The number of carbonyl (C=O) groups is 1. The summed E-state index contributed by atoms with van der Waals surface area (Å²) >= 11 is 0. The molecule has 1 aromatic rings. The van der Waals surface area contributed by atoms with E-state index < -0.39 is 5.60 Å². The number of rotatable bonds is 3. The SMILES string of the molecule is CC(C)(C)Nc1ncc(N)c(NC2CCN(C(=O)OC(C)(C)C)C2)n1. The highest BCUT2D eigenvalue weighted by Gasteiger charge is 2.30. The van der Waals surface area contributed by atoms with Crippen molar-refractivity contribution in [2.75, 3.05) is 29.5 Å². The highest BCUT2D eigenvalue weighted by Crippen LogP contribution is 2.22. The average Bonchev–Trinajstić information content (AvgIpc) is 2.88. The van der Waals surface area contributed by atoms with Crippen LogP contribution in [-0.2, 0) is 4.74 Å². The lowest BCUT2D eigenvalue weighted by Crippen LogP contribution is -2.36. The molecule has 0 aliphatic carbocycles. The Morgan fingerprint density at radius 1 is 1.32 bits per heavy atom. The fourth-order valence-corrected chi connectivity index (χ4v) is 2.47. The molecule has 8 nitrogen and oxygen atoms in total. The molecule has 2 rings (SSSR count). The quantitative estimate of drug-likeness (QED) is 0.769. The maximum Gasteiger partial charge on any atom is 0.410 e. The molecule has 1 atom stereocenters. The van der Waals surface area contributed by atoms with Crippen molar-refractivity contribution in [3.63, 3.8) is 0 Å². The standard InChI is InChI=1S/C17H30N6O2/c1-16(2,3)22-14-19-9-12(18)13(21-14)20-11-7-8-23(10-11)15(24)25-17(4,5)6/h9,11H,7-8,10,18H2,1-6H3,(H2,19,20,21,22). The van der Waals surface area contributed by atoms with E-state index in [1.807, 2.05) is 41.5 Å². The zero-order chi connectivity index (χ0) is 18.8. The number of likely N-dealkylation sites (tertiary alicyclic amines) is 1. The molecule has 140 valence electrons. The number of carbonyl (C=O) groups excluding carboxylic acids is 1. The maximum absolute atomic E-state index is 12.2. The van der Waals surface area contributed by atoms with Gasteiger partial charge in [0.05, 0.1) is 11.9 Å². The molecule has 1 amide bonds. The number of aromatic nitrogens is 2. The first-order chi connectivity index (χ1) is 11.4. The molecule has 0 bridgehead atoms. The average molecular weight is 350 g/mol. The van der Waals surface area contributed by atoms with E-state index in [1.165, 1.54) is 0 Å². The lowest BCUT2D eigenvalue weighted by molar-refractivity contribution is 0.0293. The van der Waals surface area contributed by atoms with Crippen molar-refractivity contribution in [3.8, 4) is 0 Å². The molecule has 1 aliphatic heterocycles. The summed E-state index contributed by atoms with van der Waals surface area (Å²) in [5.74, 6) is 1.10. The number of anilines is 3. The van der Waals surface area contributed by atoms with Gasteiger partial charge in [-0.1, -0.05) is 0 Å². The van der Waals surface area contributed by atoms with Gasteiger partial charge in [0.25, 0.3) is 0 Å². The molecule has 1 aromatic heterocycles. The van der Waals surface area contributed by atoms with Crippen LogP contribution in [0.1, 0.15) is 48.0 Å². The van der Waals surface area contributed by atoms with E-state index in [9.17, 15) is 4.79 Å². The zero-order valence-corrected chi connectivity index (χ0v) is 16.0. The highest BCUT2D eigenvalue weighted by atomic mass is 16.6. The third kappa shape index (κ3) is 5.95. The lowest BCUT2D eigenvalue weighted by atomic mass is 10.1. The van der Waals surface area contributed by atoms with E-state index in [1.54, 1.807) is 11.1 Å². The summed E-state index contributed by atoms with van der Waals surface area (Å²) in [6.45, 7) is 12.9. The molecule has 0 saturated carbocycles. The van der Waals surface area contributed by atoms with E-state index in [0.29, 0.717) is 30.5 Å². The first-order valence-electron chi connectivity index (χ1n) is 8.58. The van der Waals surface area contributed by atoms with Crippen molar-refractivity contribution < 1.29 is 9.53 Å². The van der Waals surface area contributed by atoms with E-state index in [2.05, 4.69) is 20.6 Å². The smallest absolute Gasteiger partial charge is 0.410 e. The predicted molar refractivity (Wildman–Crippen MR) is 99.7 cm³/mol. The molecular weight excluding hydrogens is 320 g/mol. The van der Waals surface area contributed by atoms with Crippen molar-refractivity contribution in [2.45, 2.75) is 65.1 Å². The molecule has 2 heterocycles. The third-order valence-electron chi connectivity index (χ3n) is 3.48. The number of nitrogens with zero attached hydrogens (tertiary/aromatic N) is 3. The Hall–Kier alpha value is -2.25. The number of hydrogen-bond donors (Lipinski definition) is 3. The molecule has 1 aliphatic rings. The third-order valence-corrected chi connectivity index (χ3v) is 3.48. The topological polar surface area (TPSA) is 105 Å². The van der Waals surface area contributed by atoms with Gasteiger partial charge in [-0.25, -0.2) is 9.78 Å². The molecule has 8 heteroatoms. The van der Waals surface area contributed by atoms with Gasteiger partial charge in [0.2, 0.25) is 5.95 Å². The fraction of sp³-hybridized carbons (Fsp3) is 0.706. The van der Waals surface area contributed by atoms with Crippen molar-refractivity contribution >= 4 is 23.5 Å². The van der Waals surface area contributed by atoms with Crippen LogP contribution in [-0.4, -0.2) is 51.2 Å². The zero-order valence-electron chi connectivity index (χ0n) is 16.0. The van der Waals surface area contributed by atoms with Gasteiger partial charge in [0.1, 0.15) is 5.60 Å².